The molecule has 0 fully saturated rings. The van der Waals surface area contributed by atoms with Gasteiger partial charge in [-0.1, -0.05) is 72.8 Å². The largest absolute Gasteiger partial charge is 0.302 e. The average Bonchev–Trinajstić information content (AvgIpc) is 2.59. The van der Waals surface area contributed by atoms with Crippen LogP contribution in [0.2, 0.25) is 0 Å². The number of rotatable bonds is 5. The van der Waals surface area contributed by atoms with Gasteiger partial charge in [0.2, 0.25) is 0 Å². The first kappa shape index (κ1) is 14.5. The fourth-order valence-corrected chi connectivity index (χ4v) is 2.54. The van der Waals surface area contributed by atoms with Crippen LogP contribution in [0.3, 0.4) is 0 Å². The van der Waals surface area contributed by atoms with Gasteiger partial charge in [0.1, 0.15) is 5.82 Å². The molecular formula is C20H18FN. The van der Waals surface area contributed by atoms with Crippen LogP contribution < -0.4 is 5.32 Å². The fourth-order valence-electron chi connectivity index (χ4n) is 2.54. The van der Waals surface area contributed by atoms with Gasteiger partial charge >= 0.3 is 0 Å². The van der Waals surface area contributed by atoms with Gasteiger partial charge < -0.3 is 5.32 Å². The zero-order valence-corrected chi connectivity index (χ0v) is 12.2. The third-order valence-electron chi connectivity index (χ3n) is 3.69. The molecule has 1 N–H and O–H groups in total. The maximum atomic E-state index is 13.0. The summed E-state index contributed by atoms with van der Waals surface area (Å²) in [5, 5.41) is 3.57. The molecule has 0 aliphatic heterocycles. The molecule has 0 aliphatic rings. The zero-order chi connectivity index (χ0) is 15.2. The Morgan fingerprint density at radius 1 is 0.682 bits per heavy atom. The molecule has 3 aromatic rings. The molecule has 0 amide bonds. The van der Waals surface area contributed by atoms with Gasteiger partial charge in [0.05, 0.1) is 6.04 Å². The van der Waals surface area contributed by atoms with Crippen molar-refractivity contribution >= 4 is 0 Å². The number of hydrogen-bond donors (Lipinski definition) is 1. The summed E-state index contributed by atoms with van der Waals surface area (Å²) >= 11 is 0. The molecule has 3 rings (SSSR count). The molecule has 0 unspecified atom stereocenters. The second kappa shape index (κ2) is 7.01. The third-order valence-corrected chi connectivity index (χ3v) is 3.69. The van der Waals surface area contributed by atoms with Gasteiger partial charge in [-0.2, -0.15) is 0 Å². The maximum Gasteiger partial charge on any atom is 0.123 e. The molecule has 2 heteroatoms. The van der Waals surface area contributed by atoms with Crippen LogP contribution in [0.1, 0.15) is 22.7 Å². The molecule has 0 saturated carbocycles. The fraction of sp³-hybridized carbons (Fsp3) is 0.100. The van der Waals surface area contributed by atoms with Crippen molar-refractivity contribution in [3.05, 3.63) is 107 Å². The van der Waals surface area contributed by atoms with Crippen molar-refractivity contribution in [1.82, 2.24) is 5.32 Å². The summed E-state index contributed by atoms with van der Waals surface area (Å²) in [6, 6.07) is 27.4. The molecule has 0 atom stereocenters. The standard InChI is InChI=1S/C20H18FN/c21-19-13-11-16(12-14-19)15-22-20(17-7-3-1-4-8-17)18-9-5-2-6-10-18/h1-14,20,22H,15H2. The second-order valence-electron chi connectivity index (χ2n) is 5.26. The van der Waals surface area contributed by atoms with E-state index in [1.807, 2.05) is 48.5 Å². The molecule has 1 nitrogen and oxygen atoms in total. The van der Waals surface area contributed by atoms with Crippen molar-refractivity contribution in [1.29, 1.82) is 0 Å². The second-order valence-corrected chi connectivity index (χ2v) is 5.26. The van der Waals surface area contributed by atoms with Gasteiger partial charge in [0, 0.05) is 6.54 Å². The topological polar surface area (TPSA) is 12.0 Å². The van der Waals surface area contributed by atoms with Gasteiger partial charge in [-0.05, 0) is 28.8 Å². The van der Waals surface area contributed by atoms with Crippen LogP contribution in [-0.2, 0) is 6.54 Å². The quantitative estimate of drug-likeness (QED) is 0.718. The summed E-state index contributed by atoms with van der Waals surface area (Å²) in [6.45, 7) is 0.689. The summed E-state index contributed by atoms with van der Waals surface area (Å²) in [5.74, 6) is -0.202. The van der Waals surface area contributed by atoms with E-state index in [2.05, 4.69) is 29.6 Å². The van der Waals surface area contributed by atoms with Gasteiger partial charge in [-0.25, -0.2) is 4.39 Å². The zero-order valence-electron chi connectivity index (χ0n) is 12.2. The molecule has 0 aromatic heterocycles. The van der Waals surface area contributed by atoms with Crippen LogP contribution in [0.25, 0.3) is 0 Å². The number of halogens is 1. The monoisotopic (exact) mass is 291 g/mol. The molecule has 110 valence electrons. The molecule has 0 radical (unpaired) electrons. The van der Waals surface area contributed by atoms with Gasteiger partial charge in [0.25, 0.3) is 0 Å². The Bertz CT molecular complexity index is 653. The summed E-state index contributed by atoms with van der Waals surface area (Å²) in [4.78, 5) is 0. The SMILES string of the molecule is Fc1ccc(CNC(c2ccccc2)c2ccccc2)cc1. The summed E-state index contributed by atoms with van der Waals surface area (Å²) in [7, 11) is 0. The van der Waals surface area contributed by atoms with E-state index < -0.39 is 0 Å². The average molecular weight is 291 g/mol. The molecule has 0 aliphatic carbocycles. The smallest absolute Gasteiger partial charge is 0.123 e. The van der Waals surface area contributed by atoms with E-state index in [-0.39, 0.29) is 11.9 Å². The van der Waals surface area contributed by atoms with E-state index in [0.717, 1.165) is 5.56 Å². The first-order chi connectivity index (χ1) is 10.8. The van der Waals surface area contributed by atoms with Crippen LogP contribution >= 0.6 is 0 Å². The van der Waals surface area contributed by atoms with E-state index in [1.165, 1.54) is 23.3 Å². The predicted octanol–water partition coefficient (Wildman–Crippen LogP) is 4.70. The van der Waals surface area contributed by atoms with Crippen molar-refractivity contribution in [2.75, 3.05) is 0 Å². The van der Waals surface area contributed by atoms with Crippen LogP contribution in [0.15, 0.2) is 84.9 Å². The predicted molar refractivity (Wildman–Crippen MR) is 88.0 cm³/mol. The highest BCUT2D eigenvalue weighted by Crippen LogP contribution is 2.22. The Hall–Kier alpha value is -2.45. The first-order valence-corrected chi connectivity index (χ1v) is 7.40. The molecule has 0 heterocycles. The van der Waals surface area contributed by atoms with Crippen LogP contribution in [0.5, 0.6) is 0 Å². The van der Waals surface area contributed by atoms with Crippen LogP contribution in [0.4, 0.5) is 4.39 Å². The highest BCUT2D eigenvalue weighted by molar-refractivity contribution is 5.31. The highest BCUT2D eigenvalue weighted by atomic mass is 19.1. The van der Waals surface area contributed by atoms with Crippen molar-refractivity contribution in [2.24, 2.45) is 0 Å². The first-order valence-electron chi connectivity index (χ1n) is 7.40. The molecule has 22 heavy (non-hydrogen) atoms. The summed E-state index contributed by atoms with van der Waals surface area (Å²) in [6.07, 6.45) is 0. The van der Waals surface area contributed by atoms with E-state index in [1.54, 1.807) is 0 Å². The van der Waals surface area contributed by atoms with E-state index in [4.69, 9.17) is 0 Å². The van der Waals surface area contributed by atoms with Crippen molar-refractivity contribution in [2.45, 2.75) is 12.6 Å². The van der Waals surface area contributed by atoms with E-state index >= 15 is 0 Å². The van der Waals surface area contributed by atoms with Crippen molar-refractivity contribution < 1.29 is 4.39 Å². The normalized spacial score (nSPS) is 10.8. The lowest BCUT2D eigenvalue weighted by atomic mass is 9.98. The van der Waals surface area contributed by atoms with E-state index in [0.29, 0.717) is 6.54 Å². The van der Waals surface area contributed by atoms with Gasteiger partial charge in [-0.15, -0.1) is 0 Å². The lowest BCUT2D eigenvalue weighted by Crippen LogP contribution is -2.22. The minimum atomic E-state index is -0.202. The number of benzene rings is 3. The minimum Gasteiger partial charge on any atom is -0.302 e. The van der Waals surface area contributed by atoms with Gasteiger partial charge in [-0.3, -0.25) is 0 Å². The molecule has 3 aromatic carbocycles. The Balaban J connectivity index is 1.81. The lowest BCUT2D eigenvalue weighted by molar-refractivity contribution is 0.600. The Labute approximate surface area is 130 Å². The van der Waals surface area contributed by atoms with Crippen molar-refractivity contribution in [3.63, 3.8) is 0 Å². The summed E-state index contributed by atoms with van der Waals surface area (Å²) in [5.41, 5.74) is 3.50. The lowest BCUT2D eigenvalue weighted by Gasteiger charge is -2.20. The van der Waals surface area contributed by atoms with Crippen molar-refractivity contribution in [3.8, 4) is 0 Å². The third kappa shape index (κ3) is 3.60. The number of hydrogen-bond acceptors (Lipinski definition) is 1. The van der Waals surface area contributed by atoms with Crippen LogP contribution in [0, 0.1) is 5.82 Å². The molecule has 0 bridgehead atoms. The molecule has 0 spiro atoms. The Morgan fingerprint density at radius 3 is 1.68 bits per heavy atom. The Kier molecular flexibility index (Phi) is 4.62. The Morgan fingerprint density at radius 2 is 1.18 bits per heavy atom. The number of nitrogens with one attached hydrogen (secondary N) is 1. The van der Waals surface area contributed by atoms with Gasteiger partial charge in [0.15, 0.2) is 0 Å². The molecule has 0 saturated heterocycles. The van der Waals surface area contributed by atoms with E-state index in [9.17, 15) is 4.39 Å². The maximum absolute atomic E-state index is 13.0. The van der Waals surface area contributed by atoms with Crippen LogP contribution in [-0.4, -0.2) is 0 Å². The minimum absolute atomic E-state index is 0.118. The summed E-state index contributed by atoms with van der Waals surface area (Å²) < 4.78 is 13.0. The highest BCUT2D eigenvalue weighted by Gasteiger charge is 2.12. The molecular weight excluding hydrogens is 273 g/mol.